The largest absolute Gasteiger partial charge is 0.341 e. The lowest BCUT2D eigenvalue weighted by Gasteiger charge is -2.20. The van der Waals surface area contributed by atoms with Crippen molar-refractivity contribution in [3.05, 3.63) is 34.3 Å². The first-order valence-electron chi connectivity index (χ1n) is 7.65. The molecule has 0 aliphatic heterocycles. The molecule has 3 aliphatic carbocycles. The van der Waals surface area contributed by atoms with Crippen LogP contribution in [0.3, 0.4) is 0 Å². The van der Waals surface area contributed by atoms with E-state index in [9.17, 15) is 4.79 Å². The summed E-state index contributed by atoms with van der Waals surface area (Å²) in [6.45, 7) is 0.714. The van der Waals surface area contributed by atoms with Crippen LogP contribution in [0.25, 0.3) is 0 Å². The van der Waals surface area contributed by atoms with Gasteiger partial charge in [-0.2, -0.15) is 0 Å². The molecular formula is C17H20BrNO. The molecule has 3 saturated carbocycles. The minimum Gasteiger partial charge on any atom is -0.341 e. The summed E-state index contributed by atoms with van der Waals surface area (Å²) in [7, 11) is 1.96. The van der Waals surface area contributed by atoms with Crippen LogP contribution in [0.2, 0.25) is 0 Å². The lowest BCUT2D eigenvalue weighted by Crippen LogP contribution is -2.29. The van der Waals surface area contributed by atoms with Crippen molar-refractivity contribution in [1.82, 2.24) is 4.90 Å². The van der Waals surface area contributed by atoms with Crippen molar-refractivity contribution >= 4 is 21.8 Å². The summed E-state index contributed by atoms with van der Waals surface area (Å²) in [6.07, 6.45) is 4.17. The van der Waals surface area contributed by atoms with Gasteiger partial charge in [-0.3, -0.25) is 4.79 Å². The molecule has 0 spiro atoms. The van der Waals surface area contributed by atoms with Gasteiger partial charge in [-0.05, 0) is 54.6 Å². The Morgan fingerprint density at radius 1 is 1.25 bits per heavy atom. The average Bonchev–Trinajstić information content (AvgIpc) is 2.87. The third kappa shape index (κ3) is 1.86. The predicted molar refractivity (Wildman–Crippen MR) is 81.9 cm³/mol. The smallest absolute Gasteiger partial charge is 0.226 e. The van der Waals surface area contributed by atoms with Crippen molar-refractivity contribution in [2.24, 2.45) is 29.6 Å². The van der Waals surface area contributed by atoms with Crippen LogP contribution < -0.4 is 0 Å². The van der Waals surface area contributed by atoms with E-state index in [4.69, 9.17) is 0 Å². The van der Waals surface area contributed by atoms with Crippen LogP contribution >= 0.6 is 15.9 Å². The molecule has 0 heterocycles. The molecule has 3 heteroatoms. The minimum absolute atomic E-state index is 0.355. The van der Waals surface area contributed by atoms with Crippen LogP contribution in [0, 0.1) is 29.6 Å². The second-order valence-corrected chi connectivity index (χ2v) is 7.65. The van der Waals surface area contributed by atoms with Crippen LogP contribution in [0.1, 0.15) is 24.8 Å². The topological polar surface area (TPSA) is 20.3 Å². The fourth-order valence-corrected chi connectivity index (χ4v) is 5.28. The predicted octanol–water partition coefficient (Wildman–Crippen LogP) is 3.70. The van der Waals surface area contributed by atoms with Gasteiger partial charge in [0.2, 0.25) is 5.91 Å². The lowest BCUT2D eigenvalue weighted by molar-refractivity contribution is -0.132. The molecule has 3 fully saturated rings. The van der Waals surface area contributed by atoms with Crippen molar-refractivity contribution < 1.29 is 4.79 Å². The van der Waals surface area contributed by atoms with E-state index in [-0.39, 0.29) is 0 Å². The fraction of sp³-hybridized carbons (Fsp3) is 0.588. The minimum atomic E-state index is 0.355. The molecule has 0 saturated heterocycles. The summed E-state index contributed by atoms with van der Waals surface area (Å²) in [5.41, 5.74) is 1.19. The zero-order valence-electron chi connectivity index (χ0n) is 11.8. The SMILES string of the molecule is CN(Cc1ccccc1Br)C(=O)C1C2C3CCC(C3)C12. The third-order valence-corrected chi connectivity index (χ3v) is 6.54. The number of hydrogen-bond donors (Lipinski definition) is 0. The Hall–Kier alpha value is -0.830. The molecule has 1 aromatic rings. The molecule has 2 nitrogen and oxygen atoms in total. The highest BCUT2D eigenvalue weighted by Crippen LogP contribution is 2.69. The van der Waals surface area contributed by atoms with Crippen molar-refractivity contribution in [2.75, 3.05) is 7.05 Å². The van der Waals surface area contributed by atoms with E-state index in [0.717, 1.165) is 28.1 Å². The molecule has 0 radical (unpaired) electrons. The summed E-state index contributed by atoms with van der Waals surface area (Å²) >= 11 is 3.57. The Balaban J connectivity index is 1.44. The average molecular weight is 334 g/mol. The third-order valence-electron chi connectivity index (χ3n) is 5.76. The molecule has 4 unspecified atom stereocenters. The highest BCUT2D eigenvalue weighted by Gasteiger charge is 2.67. The van der Waals surface area contributed by atoms with Gasteiger partial charge in [0.05, 0.1) is 0 Å². The van der Waals surface area contributed by atoms with Crippen molar-refractivity contribution in [3.63, 3.8) is 0 Å². The van der Waals surface area contributed by atoms with Gasteiger partial charge in [0.25, 0.3) is 0 Å². The maximum atomic E-state index is 12.7. The summed E-state index contributed by atoms with van der Waals surface area (Å²) in [4.78, 5) is 14.6. The number of carbonyl (C=O) groups excluding carboxylic acids is 1. The Kier molecular flexibility index (Phi) is 2.95. The van der Waals surface area contributed by atoms with Crippen molar-refractivity contribution in [1.29, 1.82) is 0 Å². The van der Waals surface area contributed by atoms with Gasteiger partial charge in [-0.1, -0.05) is 34.1 Å². The summed E-state index contributed by atoms with van der Waals surface area (Å²) < 4.78 is 1.09. The Morgan fingerprint density at radius 3 is 2.55 bits per heavy atom. The summed E-state index contributed by atoms with van der Waals surface area (Å²) in [5.74, 6) is 3.96. The standard InChI is InChI=1S/C17H20BrNO/c1-19(9-12-4-2-3-5-13(12)18)17(20)16-14-10-6-7-11(8-10)15(14)16/h2-5,10-11,14-16H,6-9H2,1H3. The molecule has 20 heavy (non-hydrogen) atoms. The molecule has 1 amide bonds. The number of fused-ring (bicyclic) bond motifs is 5. The molecule has 0 aromatic heterocycles. The molecule has 2 bridgehead atoms. The van der Waals surface area contributed by atoms with E-state index < -0.39 is 0 Å². The summed E-state index contributed by atoms with van der Waals surface area (Å²) in [5, 5.41) is 0. The maximum Gasteiger partial charge on any atom is 0.226 e. The van der Waals surface area contributed by atoms with E-state index in [1.165, 1.54) is 24.8 Å². The molecule has 0 N–H and O–H groups in total. The van der Waals surface area contributed by atoms with Crippen LogP contribution in [0.15, 0.2) is 28.7 Å². The van der Waals surface area contributed by atoms with Gasteiger partial charge < -0.3 is 4.90 Å². The first-order valence-corrected chi connectivity index (χ1v) is 8.44. The highest BCUT2D eigenvalue weighted by molar-refractivity contribution is 9.10. The van der Waals surface area contributed by atoms with Gasteiger partial charge in [0, 0.05) is 24.0 Å². The molecular weight excluding hydrogens is 314 g/mol. The molecule has 3 aliphatic rings. The van der Waals surface area contributed by atoms with Crippen LogP contribution in [-0.4, -0.2) is 17.9 Å². The normalized spacial score (nSPS) is 36.8. The number of hydrogen-bond acceptors (Lipinski definition) is 1. The monoisotopic (exact) mass is 333 g/mol. The second-order valence-electron chi connectivity index (χ2n) is 6.80. The van der Waals surface area contributed by atoms with Gasteiger partial charge in [0.1, 0.15) is 0 Å². The van der Waals surface area contributed by atoms with Crippen LogP contribution in [-0.2, 0) is 11.3 Å². The number of nitrogens with zero attached hydrogens (tertiary/aromatic N) is 1. The lowest BCUT2D eigenvalue weighted by atomic mass is 10.0. The first-order chi connectivity index (χ1) is 9.66. The van der Waals surface area contributed by atoms with Crippen molar-refractivity contribution in [2.45, 2.75) is 25.8 Å². The zero-order valence-corrected chi connectivity index (χ0v) is 13.3. The number of amides is 1. The van der Waals surface area contributed by atoms with E-state index in [1.807, 2.05) is 30.1 Å². The number of benzene rings is 1. The van der Waals surface area contributed by atoms with E-state index in [2.05, 4.69) is 22.0 Å². The molecule has 106 valence electrons. The maximum absolute atomic E-state index is 12.7. The zero-order chi connectivity index (χ0) is 13.9. The van der Waals surface area contributed by atoms with Gasteiger partial charge in [0.15, 0.2) is 0 Å². The van der Waals surface area contributed by atoms with E-state index in [0.29, 0.717) is 18.4 Å². The van der Waals surface area contributed by atoms with Crippen LogP contribution in [0.5, 0.6) is 0 Å². The molecule has 4 rings (SSSR count). The quantitative estimate of drug-likeness (QED) is 0.825. The van der Waals surface area contributed by atoms with Gasteiger partial charge in [-0.25, -0.2) is 0 Å². The Bertz CT molecular complexity index is 542. The Labute approximate surface area is 128 Å². The van der Waals surface area contributed by atoms with Crippen LogP contribution in [0.4, 0.5) is 0 Å². The van der Waals surface area contributed by atoms with E-state index >= 15 is 0 Å². The highest BCUT2D eigenvalue weighted by atomic mass is 79.9. The van der Waals surface area contributed by atoms with Gasteiger partial charge >= 0.3 is 0 Å². The second kappa shape index (κ2) is 4.59. The van der Waals surface area contributed by atoms with Gasteiger partial charge in [-0.15, -0.1) is 0 Å². The summed E-state index contributed by atoms with van der Waals surface area (Å²) in [6, 6.07) is 8.17. The van der Waals surface area contributed by atoms with E-state index in [1.54, 1.807) is 0 Å². The number of halogens is 1. The Morgan fingerprint density at radius 2 is 1.90 bits per heavy atom. The number of carbonyl (C=O) groups is 1. The molecule has 1 aromatic carbocycles. The fourth-order valence-electron chi connectivity index (χ4n) is 4.87. The number of rotatable bonds is 3. The van der Waals surface area contributed by atoms with Crippen molar-refractivity contribution in [3.8, 4) is 0 Å². The molecule has 4 atom stereocenters. The first kappa shape index (κ1) is 12.9.